The van der Waals surface area contributed by atoms with Crippen molar-refractivity contribution in [1.82, 2.24) is 4.98 Å². The lowest BCUT2D eigenvalue weighted by molar-refractivity contribution is -0.0893. The molecule has 0 unspecified atom stereocenters. The van der Waals surface area contributed by atoms with Gasteiger partial charge < -0.3 is 9.76 Å². The van der Waals surface area contributed by atoms with Crippen LogP contribution in [0.25, 0.3) is 44.4 Å². The second kappa shape index (κ2) is 9.50. The fourth-order valence-electron chi connectivity index (χ4n) is 7.13. The van der Waals surface area contributed by atoms with Gasteiger partial charge in [-0.1, -0.05) is 121 Å². The Morgan fingerprint density at radius 3 is 1.93 bits per heavy atom. The van der Waals surface area contributed by atoms with E-state index in [0.29, 0.717) is 0 Å². The minimum absolute atomic E-state index is 0.504. The fraction of sp³-hybridized carbons (Fsp3) is 0.175. The highest BCUT2D eigenvalue weighted by Gasteiger charge is 2.53. The van der Waals surface area contributed by atoms with Crippen LogP contribution in [-0.2, 0) is 10.1 Å². The average Bonchev–Trinajstić information content (AvgIpc) is 3.51. The Balaban J connectivity index is 1.49. The number of pyridine rings is 1. The summed E-state index contributed by atoms with van der Waals surface area (Å²) in [4.78, 5) is 5.36. The molecule has 6 aromatic rings. The number of aliphatic hydroxyl groups is 1. The van der Waals surface area contributed by atoms with Crippen LogP contribution in [0.1, 0.15) is 49.9 Å². The van der Waals surface area contributed by atoms with E-state index in [0.717, 1.165) is 38.8 Å². The van der Waals surface area contributed by atoms with Crippen molar-refractivity contribution in [3.05, 3.63) is 144 Å². The molecule has 213 valence electrons. The summed E-state index contributed by atoms with van der Waals surface area (Å²) in [5.74, 6) is 0. The summed E-state index contributed by atoms with van der Waals surface area (Å²) in [7, 11) is 1.79. The summed E-state index contributed by atoms with van der Waals surface area (Å²) < 4.78 is 6.25. The molecule has 1 spiro atoms. The Hall–Kier alpha value is -4.51. The van der Waals surface area contributed by atoms with E-state index in [4.69, 9.17) is 9.64 Å². The molecule has 4 heteroatoms. The van der Waals surface area contributed by atoms with Gasteiger partial charge in [-0.05, 0) is 72.7 Å². The monoisotopic (exact) mass is 570 g/mol. The number of rotatable bonds is 5. The molecule has 0 aliphatic heterocycles. The van der Waals surface area contributed by atoms with Crippen molar-refractivity contribution in [3.8, 4) is 33.5 Å². The molecular formula is C40H33BNO2. The third-order valence-corrected chi connectivity index (χ3v) is 9.95. The van der Waals surface area contributed by atoms with E-state index in [1.165, 1.54) is 33.4 Å². The summed E-state index contributed by atoms with van der Waals surface area (Å²) in [6.07, 6.45) is 0. The second-order valence-electron chi connectivity index (χ2n) is 13.0. The van der Waals surface area contributed by atoms with E-state index in [-0.39, 0.29) is 0 Å². The SMILES string of the molecule is CC(C)(O)C(C)(C)O[B]c1ccc2c(c1)-c1c(-c3ccccc3)nc3ccccc3c1C21c2ccccc2-c2ccccc21. The Labute approximate surface area is 259 Å². The van der Waals surface area contributed by atoms with Crippen molar-refractivity contribution >= 4 is 23.8 Å². The van der Waals surface area contributed by atoms with Gasteiger partial charge in [0.25, 0.3) is 0 Å². The number of hydrogen-bond acceptors (Lipinski definition) is 3. The van der Waals surface area contributed by atoms with Gasteiger partial charge in [0.2, 0.25) is 0 Å². The first-order chi connectivity index (χ1) is 21.2. The number of aromatic nitrogens is 1. The molecule has 0 bridgehead atoms. The predicted molar refractivity (Wildman–Crippen MR) is 180 cm³/mol. The lowest BCUT2D eigenvalue weighted by Crippen LogP contribution is -2.49. The van der Waals surface area contributed by atoms with Crippen molar-refractivity contribution in [2.24, 2.45) is 0 Å². The number of benzene rings is 5. The fourth-order valence-corrected chi connectivity index (χ4v) is 7.13. The van der Waals surface area contributed by atoms with Crippen molar-refractivity contribution < 1.29 is 9.76 Å². The molecule has 0 saturated heterocycles. The van der Waals surface area contributed by atoms with Gasteiger partial charge in [0.15, 0.2) is 0 Å². The molecule has 0 saturated carbocycles. The molecule has 0 amide bonds. The van der Waals surface area contributed by atoms with Crippen LogP contribution in [0, 0.1) is 0 Å². The van der Waals surface area contributed by atoms with Crippen LogP contribution in [0.2, 0.25) is 0 Å². The van der Waals surface area contributed by atoms with E-state index in [1.807, 2.05) is 13.8 Å². The minimum atomic E-state index is -1.02. The zero-order chi connectivity index (χ0) is 30.3. The number of fused-ring (bicyclic) bond motifs is 12. The van der Waals surface area contributed by atoms with Crippen LogP contribution in [0.4, 0.5) is 0 Å². The lowest BCUT2D eigenvalue weighted by atomic mass is 9.69. The number of hydrogen-bond donors (Lipinski definition) is 1. The van der Waals surface area contributed by atoms with Crippen LogP contribution in [0.3, 0.4) is 0 Å². The van der Waals surface area contributed by atoms with Gasteiger partial charge in [-0.3, -0.25) is 0 Å². The smallest absolute Gasteiger partial charge is 0.330 e. The van der Waals surface area contributed by atoms with E-state index >= 15 is 0 Å². The Bertz CT molecular complexity index is 2050. The zero-order valence-electron chi connectivity index (χ0n) is 25.4. The van der Waals surface area contributed by atoms with Crippen LogP contribution in [0.5, 0.6) is 0 Å². The Kier molecular flexibility index (Phi) is 5.84. The molecule has 0 fully saturated rings. The minimum Gasteiger partial charge on any atom is -0.427 e. The number of nitrogens with zero attached hydrogens (tertiary/aromatic N) is 1. The van der Waals surface area contributed by atoms with Crippen molar-refractivity contribution in [2.75, 3.05) is 0 Å². The quantitative estimate of drug-likeness (QED) is 0.213. The largest absolute Gasteiger partial charge is 0.427 e. The molecule has 2 aliphatic rings. The standard InChI is InChI=1S/C40H33BNO2/c1-38(2,43)39(3,4)44-41-26-22-23-33-30(24-26)35-36(29-18-10-13-21-34(29)42-37(35)25-14-6-5-7-15-25)40(33)31-19-11-8-16-27(31)28-17-9-12-20-32(28)40/h5-24,43H,1-4H3. The van der Waals surface area contributed by atoms with Crippen LogP contribution in [-0.4, -0.2) is 28.8 Å². The maximum absolute atomic E-state index is 10.7. The van der Waals surface area contributed by atoms with Crippen LogP contribution in [0.15, 0.2) is 121 Å². The molecule has 5 aromatic carbocycles. The average molecular weight is 571 g/mol. The molecular weight excluding hydrogens is 537 g/mol. The Morgan fingerprint density at radius 2 is 1.25 bits per heavy atom. The maximum Gasteiger partial charge on any atom is 0.330 e. The molecule has 8 rings (SSSR count). The van der Waals surface area contributed by atoms with E-state index in [2.05, 4.69) is 121 Å². The summed E-state index contributed by atoms with van der Waals surface area (Å²) >= 11 is 0. The first kappa shape index (κ1) is 27.1. The zero-order valence-corrected chi connectivity index (χ0v) is 25.4. The van der Waals surface area contributed by atoms with Gasteiger partial charge in [-0.15, -0.1) is 0 Å². The van der Waals surface area contributed by atoms with Gasteiger partial charge in [0.1, 0.15) is 0 Å². The predicted octanol–water partition coefficient (Wildman–Crippen LogP) is 8.06. The van der Waals surface area contributed by atoms with Crippen molar-refractivity contribution in [2.45, 2.75) is 44.3 Å². The first-order valence-corrected chi connectivity index (χ1v) is 15.3. The summed E-state index contributed by atoms with van der Waals surface area (Å²) in [6.45, 7) is 7.39. The summed E-state index contributed by atoms with van der Waals surface area (Å²) in [5, 5.41) is 11.9. The summed E-state index contributed by atoms with van der Waals surface area (Å²) in [6, 6.07) is 43.5. The van der Waals surface area contributed by atoms with Crippen molar-refractivity contribution in [3.63, 3.8) is 0 Å². The summed E-state index contributed by atoms with van der Waals surface area (Å²) in [5.41, 5.74) is 11.7. The van der Waals surface area contributed by atoms with E-state index < -0.39 is 16.6 Å². The van der Waals surface area contributed by atoms with Crippen LogP contribution >= 0.6 is 0 Å². The van der Waals surface area contributed by atoms with Crippen molar-refractivity contribution in [1.29, 1.82) is 0 Å². The number of para-hydroxylation sites is 1. The molecule has 1 aromatic heterocycles. The van der Waals surface area contributed by atoms with Gasteiger partial charge in [0.05, 0.1) is 27.8 Å². The molecule has 1 radical (unpaired) electrons. The highest BCUT2D eigenvalue weighted by atomic mass is 16.5. The normalized spacial score (nSPS) is 14.3. The lowest BCUT2D eigenvalue weighted by Gasteiger charge is -2.37. The van der Waals surface area contributed by atoms with Gasteiger partial charge in [-0.2, -0.15) is 0 Å². The molecule has 2 aliphatic carbocycles. The second-order valence-corrected chi connectivity index (χ2v) is 13.0. The van der Waals surface area contributed by atoms with E-state index in [9.17, 15) is 5.11 Å². The molecule has 0 atom stereocenters. The molecule has 3 nitrogen and oxygen atoms in total. The molecule has 1 heterocycles. The third-order valence-electron chi connectivity index (χ3n) is 9.95. The van der Waals surface area contributed by atoms with Crippen LogP contribution < -0.4 is 5.46 Å². The van der Waals surface area contributed by atoms with Gasteiger partial charge in [-0.25, -0.2) is 4.98 Å². The molecule has 44 heavy (non-hydrogen) atoms. The first-order valence-electron chi connectivity index (χ1n) is 15.3. The van der Waals surface area contributed by atoms with Gasteiger partial charge >= 0.3 is 7.48 Å². The highest BCUT2D eigenvalue weighted by Crippen LogP contribution is 2.64. The van der Waals surface area contributed by atoms with Gasteiger partial charge in [0, 0.05) is 16.5 Å². The Morgan fingerprint density at radius 1 is 0.659 bits per heavy atom. The topological polar surface area (TPSA) is 42.4 Å². The maximum atomic E-state index is 10.7. The third kappa shape index (κ3) is 3.68. The molecule has 1 N–H and O–H groups in total. The van der Waals surface area contributed by atoms with E-state index in [1.54, 1.807) is 21.3 Å². The highest BCUT2D eigenvalue weighted by molar-refractivity contribution is 6.47.